The SMILES string of the molecule is Cc1cccc(C)c1Oc1ccc(NC(=O)[C@@H](Cc2ccccc2)N2C(=O)[C@H]3[C@@H]4C=C[C@H]([C@H]5C[C@H]45)[C@@H]3C2=O)cc1. The van der Waals surface area contributed by atoms with Gasteiger partial charge in [-0.2, -0.15) is 0 Å². The molecule has 6 heteroatoms. The van der Waals surface area contributed by atoms with Gasteiger partial charge in [0.1, 0.15) is 17.5 Å². The largest absolute Gasteiger partial charge is 0.457 e. The minimum Gasteiger partial charge on any atom is -0.457 e. The van der Waals surface area contributed by atoms with E-state index in [1.165, 1.54) is 4.90 Å². The van der Waals surface area contributed by atoms with E-state index in [0.29, 0.717) is 23.3 Å². The first kappa shape index (κ1) is 24.8. The Labute approximate surface area is 234 Å². The van der Waals surface area contributed by atoms with Crippen molar-refractivity contribution < 1.29 is 19.1 Å². The maximum atomic E-state index is 13.8. The van der Waals surface area contributed by atoms with Crippen LogP contribution in [0.1, 0.15) is 23.1 Å². The number of nitrogens with zero attached hydrogens (tertiary/aromatic N) is 1. The smallest absolute Gasteiger partial charge is 0.248 e. The van der Waals surface area contributed by atoms with Crippen LogP contribution in [0.2, 0.25) is 0 Å². The maximum Gasteiger partial charge on any atom is 0.248 e. The molecule has 6 nitrogen and oxygen atoms in total. The molecule has 0 unspecified atom stereocenters. The van der Waals surface area contributed by atoms with Crippen LogP contribution in [0.5, 0.6) is 11.5 Å². The van der Waals surface area contributed by atoms with Gasteiger partial charge in [-0.3, -0.25) is 19.3 Å². The van der Waals surface area contributed by atoms with Crippen LogP contribution in [0.3, 0.4) is 0 Å². The predicted octanol–water partition coefficient (Wildman–Crippen LogP) is 5.70. The Balaban J connectivity index is 1.13. The second-order valence-electron chi connectivity index (χ2n) is 11.7. The second-order valence-corrected chi connectivity index (χ2v) is 11.7. The van der Waals surface area contributed by atoms with E-state index in [2.05, 4.69) is 17.5 Å². The molecule has 40 heavy (non-hydrogen) atoms. The number of carbonyl (C=O) groups excluding carboxylic acids is 3. The van der Waals surface area contributed by atoms with Gasteiger partial charge < -0.3 is 10.1 Å². The fraction of sp³-hybridized carbons (Fsp3) is 0.324. The highest BCUT2D eigenvalue weighted by atomic mass is 16.5. The van der Waals surface area contributed by atoms with Crippen LogP contribution >= 0.6 is 0 Å². The third-order valence-corrected chi connectivity index (χ3v) is 9.33. The number of allylic oxidation sites excluding steroid dienone is 2. The molecule has 3 aromatic rings. The molecule has 3 aromatic carbocycles. The quantitative estimate of drug-likeness (QED) is 0.313. The van der Waals surface area contributed by atoms with Crippen LogP contribution in [0.15, 0.2) is 84.9 Å². The van der Waals surface area contributed by atoms with Crippen LogP contribution in [0, 0.1) is 49.4 Å². The van der Waals surface area contributed by atoms with E-state index in [0.717, 1.165) is 28.9 Å². The van der Waals surface area contributed by atoms with Crippen molar-refractivity contribution in [3.63, 3.8) is 0 Å². The van der Waals surface area contributed by atoms with Crippen molar-refractivity contribution >= 4 is 23.4 Å². The van der Waals surface area contributed by atoms with Gasteiger partial charge in [0.2, 0.25) is 17.7 Å². The Hall–Kier alpha value is -4.19. The number of likely N-dealkylation sites (tertiary alicyclic amines) is 1. The first-order valence-electron chi connectivity index (χ1n) is 14.1. The van der Waals surface area contributed by atoms with Crippen LogP contribution in [0.25, 0.3) is 0 Å². The Morgan fingerprint density at radius 3 is 2.05 bits per heavy atom. The Morgan fingerprint density at radius 2 is 1.45 bits per heavy atom. The van der Waals surface area contributed by atoms with Crippen LogP contribution in [-0.4, -0.2) is 28.7 Å². The van der Waals surface area contributed by atoms with E-state index in [1.807, 2.05) is 74.5 Å². The van der Waals surface area contributed by atoms with Crippen molar-refractivity contribution in [1.29, 1.82) is 0 Å². The van der Waals surface area contributed by atoms with E-state index in [-0.39, 0.29) is 47.8 Å². The number of para-hydroxylation sites is 1. The molecule has 3 fully saturated rings. The molecule has 1 N–H and O–H groups in total. The van der Waals surface area contributed by atoms with E-state index < -0.39 is 6.04 Å². The zero-order chi connectivity index (χ0) is 27.5. The first-order valence-corrected chi connectivity index (χ1v) is 14.1. The number of rotatable bonds is 7. The summed E-state index contributed by atoms with van der Waals surface area (Å²) in [7, 11) is 0. The molecule has 0 aromatic heterocycles. The van der Waals surface area contributed by atoms with Crippen LogP contribution in [0.4, 0.5) is 5.69 Å². The molecule has 3 amide bonds. The minimum atomic E-state index is -0.922. The summed E-state index contributed by atoms with van der Waals surface area (Å²) in [5.41, 5.74) is 3.57. The summed E-state index contributed by atoms with van der Waals surface area (Å²) < 4.78 is 6.11. The molecule has 7 atom stereocenters. The highest BCUT2D eigenvalue weighted by molar-refractivity contribution is 6.10. The average Bonchev–Trinajstić information content (AvgIpc) is 3.74. The predicted molar refractivity (Wildman–Crippen MR) is 152 cm³/mol. The number of hydrogen-bond donors (Lipinski definition) is 1. The molecule has 2 saturated carbocycles. The molecule has 1 heterocycles. The highest BCUT2D eigenvalue weighted by Crippen LogP contribution is 2.65. The lowest BCUT2D eigenvalue weighted by Crippen LogP contribution is -2.49. The lowest BCUT2D eigenvalue weighted by molar-refractivity contribution is -0.146. The maximum absolute atomic E-state index is 13.8. The summed E-state index contributed by atoms with van der Waals surface area (Å²) in [5.74, 6) is 1.33. The summed E-state index contributed by atoms with van der Waals surface area (Å²) in [6.45, 7) is 4.01. The molecule has 202 valence electrons. The van der Waals surface area contributed by atoms with Gasteiger partial charge in [-0.1, -0.05) is 60.7 Å². The van der Waals surface area contributed by atoms with Gasteiger partial charge in [-0.05, 0) is 84.9 Å². The normalized spacial score (nSPS) is 28.2. The zero-order valence-electron chi connectivity index (χ0n) is 22.6. The van der Waals surface area contributed by atoms with Gasteiger partial charge in [0.25, 0.3) is 0 Å². The van der Waals surface area contributed by atoms with Gasteiger partial charge in [0, 0.05) is 12.1 Å². The average molecular weight is 533 g/mol. The highest BCUT2D eigenvalue weighted by Gasteiger charge is 2.67. The van der Waals surface area contributed by atoms with E-state index in [9.17, 15) is 14.4 Å². The molecule has 2 bridgehead atoms. The summed E-state index contributed by atoms with van der Waals surface area (Å²) in [5, 5.41) is 2.97. The van der Waals surface area contributed by atoms with Crippen LogP contribution in [-0.2, 0) is 20.8 Å². The number of carbonyl (C=O) groups is 3. The number of aryl methyl sites for hydroxylation is 2. The van der Waals surface area contributed by atoms with E-state index >= 15 is 0 Å². The van der Waals surface area contributed by atoms with Gasteiger partial charge >= 0.3 is 0 Å². The minimum absolute atomic E-state index is 0.117. The Morgan fingerprint density at radius 1 is 0.850 bits per heavy atom. The number of anilines is 1. The Kier molecular flexibility index (Phi) is 5.88. The molecular weight excluding hydrogens is 500 g/mol. The molecular formula is C34H32N2O4. The molecule has 1 aliphatic heterocycles. The fourth-order valence-electron chi connectivity index (χ4n) is 7.34. The number of imide groups is 1. The second kappa shape index (κ2) is 9.47. The third-order valence-electron chi connectivity index (χ3n) is 9.33. The van der Waals surface area contributed by atoms with Crippen molar-refractivity contribution in [2.45, 2.75) is 32.7 Å². The van der Waals surface area contributed by atoms with E-state index in [4.69, 9.17) is 4.74 Å². The molecule has 5 aliphatic rings. The standard InChI is InChI=1S/C34H32N2O4/c1-19-7-6-8-20(2)31(19)40-23-13-11-22(12-14-23)35-32(37)28(17-21-9-4-3-5-10-21)36-33(38)29-24-15-16-25(27-18-26(24)27)30(29)34(36)39/h3-16,24-30H,17-18H2,1-2H3,(H,35,37)/t24-,25-,26-,27-,28-,29+,30+/m1/s1. The topological polar surface area (TPSA) is 75.7 Å². The Bertz CT molecular complexity index is 1470. The lowest BCUT2D eigenvalue weighted by Gasteiger charge is -2.37. The number of hydrogen-bond acceptors (Lipinski definition) is 4. The zero-order valence-corrected chi connectivity index (χ0v) is 22.6. The van der Waals surface area contributed by atoms with Crippen molar-refractivity contribution in [2.24, 2.45) is 35.5 Å². The molecule has 8 rings (SSSR count). The van der Waals surface area contributed by atoms with Crippen molar-refractivity contribution in [3.8, 4) is 11.5 Å². The number of amides is 3. The number of ether oxygens (including phenoxy) is 1. The fourth-order valence-corrected chi connectivity index (χ4v) is 7.34. The summed E-state index contributed by atoms with van der Waals surface area (Å²) in [6.07, 6.45) is 5.69. The van der Waals surface area contributed by atoms with Gasteiger partial charge in [-0.15, -0.1) is 0 Å². The summed E-state index contributed by atoms with van der Waals surface area (Å²) in [6, 6.07) is 21.9. The number of nitrogens with one attached hydrogen (secondary N) is 1. The molecule has 4 aliphatic carbocycles. The molecule has 0 radical (unpaired) electrons. The van der Waals surface area contributed by atoms with Crippen molar-refractivity contribution in [1.82, 2.24) is 4.90 Å². The van der Waals surface area contributed by atoms with Gasteiger partial charge in [0.15, 0.2) is 0 Å². The van der Waals surface area contributed by atoms with Gasteiger partial charge in [-0.25, -0.2) is 0 Å². The third kappa shape index (κ3) is 4.05. The number of benzene rings is 3. The van der Waals surface area contributed by atoms with Crippen molar-refractivity contribution in [3.05, 3.63) is 102 Å². The van der Waals surface area contributed by atoms with Crippen LogP contribution < -0.4 is 10.1 Å². The van der Waals surface area contributed by atoms with Gasteiger partial charge in [0.05, 0.1) is 11.8 Å². The first-order chi connectivity index (χ1) is 19.4. The summed E-state index contributed by atoms with van der Waals surface area (Å²) >= 11 is 0. The monoisotopic (exact) mass is 532 g/mol. The molecule has 1 saturated heterocycles. The lowest BCUT2D eigenvalue weighted by atomic mass is 9.63. The molecule has 0 spiro atoms. The van der Waals surface area contributed by atoms with E-state index in [1.54, 1.807) is 12.1 Å². The van der Waals surface area contributed by atoms with Crippen molar-refractivity contribution in [2.75, 3.05) is 5.32 Å². The summed E-state index contributed by atoms with van der Waals surface area (Å²) in [4.78, 5) is 42.8.